The van der Waals surface area contributed by atoms with E-state index in [1.807, 2.05) is 4.90 Å². The molecule has 1 aliphatic heterocycles. The number of rotatable bonds is 9. The van der Waals surface area contributed by atoms with E-state index in [2.05, 4.69) is 5.32 Å². The summed E-state index contributed by atoms with van der Waals surface area (Å²) in [6.45, 7) is 4.40. The maximum absolute atomic E-state index is 14.1. The fourth-order valence-electron chi connectivity index (χ4n) is 4.01. The van der Waals surface area contributed by atoms with Gasteiger partial charge in [0.15, 0.2) is 5.75 Å². The van der Waals surface area contributed by atoms with Gasteiger partial charge in [0, 0.05) is 31.2 Å². The summed E-state index contributed by atoms with van der Waals surface area (Å²) in [6, 6.07) is 12.5. The molecule has 10 nitrogen and oxygen atoms in total. The van der Waals surface area contributed by atoms with Crippen LogP contribution in [0.3, 0.4) is 0 Å². The maximum atomic E-state index is 14.1. The molecule has 0 unspecified atom stereocenters. The number of benzene rings is 3. The highest BCUT2D eigenvalue weighted by Crippen LogP contribution is 2.42. The van der Waals surface area contributed by atoms with Crippen LogP contribution in [-0.4, -0.2) is 57.2 Å². The van der Waals surface area contributed by atoms with Crippen molar-refractivity contribution in [2.24, 2.45) is 0 Å². The van der Waals surface area contributed by atoms with Crippen molar-refractivity contribution in [3.05, 3.63) is 70.2 Å². The molecule has 39 heavy (non-hydrogen) atoms. The van der Waals surface area contributed by atoms with Crippen molar-refractivity contribution in [2.45, 2.75) is 16.7 Å². The summed E-state index contributed by atoms with van der Waals surface area (Å²) in [7, 11) is -6.63. The zero-order chi connectivity index (χ0) is 28.4. The summed E-state index contributed by atoms with van der Waals surface area (Å²) in [5.41, 5.74) is 1.00. The summed E-state index contributed by atoms with van der Waals surface area (Å²) in [5, 5.41) is 3.22. The van der Waals surface area contributed by atoms with Gasteiger partial charge in [-0.3, -0.25) is 0 Å². The number of nitrogens with one attached hydrogen (secondary N) is 1. The zero-order valence-corrected chi connectivity index (χ0v) is 24.5. The molecule has 0 atom stereocenters. The minimum Gasteiger partial charge on any atom is -0.495 e. The van der Waals surface area contributed by atoms with Crippen LogP contribution in [0.5, 0.6) is 11.5 Å². The molecule has 0 spiro atoms. The van der Waals surface area contributed by atoms with Crippen molar-refractivity contribution in [1.82, 2.24) is 5.32 Å². The SMILES string of the molecule is COc1ccc(S(=O)(=O)N(OS(=O)(=O)c2ccc(C)cc2)c2cc(Cl)cc(Cl)c2OC)cc1N1CCNCC1. The predicted octanol–water partition coefficient (Wildman–Crippen LogP) is 4.24. The molecular weight excluding hydrogens is 589 g/mol. The number of anilines is 2. The molecule has 1 N–H and O–H groups in total. The largest absolute Gasteiger partial charge is 0.495 e. The Morgan fingerprint density at radius 2 is 1.51 bits per heavy atom. The van der Waals surface area contributed by atoms with Gasteiger partial charge in [0.2, 0.25) is 0 Å². The molecule has 14 heteroatoms. The number of hydrogen-bond donors (Lipinski definition) is 1. The van der Waals surface area contributed by atoms with Gasteiger partial charge in [-0.1, -0.05) is 40.9 Å². The average molecular weight is 617 g/mol. The van der Waals surface area contributed by atoms with E-state index in [1.165, 1.54) is 56.7 Å². The van der Waals surface area contributed by atoms with Gasteiger partial charge >= 0.3 is 10.1 Å². The van der Waals surface area contributed by atoms with Gasteiger partial charge in [0.05, 0.1) is 34.7 Å². The highest BCUT2D eigenvalue weighted by molar-refractivity contribution is 7.94. The minimum absolute atomic E-state index is 0.0311. The highest BCUT2D eigenvalue weighted by atomic mass is 35.5. The topological polar surface area (TPSA) is 114 Å². The maximum Gasteiger partial charge on any atom is 0.318 e. The third-order valence-electron chi connectivity index (χ3n) is 5.99. The van der Waals surface area contributed by atoms with Crippen molar-refractivity contribution in [3.63, 3.8) is 0 Å². The average Bonchev–Trinajstić information content (AvgIpc) is 2.91. The Morgan fingerprint density at radius 3 is 2.13 bits per heavy atom. The van der Waals surface area contributed by atoms with Gasteiger partial charge < -0.3 is 19.7 Å². The second kappa shape index (κ2) is 11.8. The summed E-state index contributed by atoms with van der Waals surface area (Å²) in [4.78, 5) is 1.46. The van der Waals surface area contributed by atoms with Crippen LogP contribution in [0.4, 0.5) is 11.4 Å². The molecule has 0 aromatic heterocycles. The Labute approximate surface area is 238 Å². The van der Waals surface area contributed by atoms with Gasteiger partial charge in [-0.05, 0) is 49.4 Å². The molecule has 4 rings (SSSR count). The van der Waals surface area contributed by atoms with Crippen LogP contribution in [-0.2, 0) is 24.4 Å². The first-order valence-corrected chi connectivity index (χ1v) is 15.3. The first-order valence-electron chi connectivity index (χ1n) is 11.7. The Hall–Kier alpha value is -2.74. The number of methoxy groups -OCH3 is 2. The second-order valence-electron chi connectivity index (χ2n) is 8.58. The molecule has 0 radical (unpaired) electrons. The van der Waals surface area contributed by atoms with Gasteiger partial charge in [0.25, 0.3) is 10.0 Å². The van der Waals surface area contributed by atoms with Crippen molar-refractivity contribution in [3.8, 4) is 11.5 Å². The lowest BCUT2D eigenvalue weighted by atomic mass is 10.2. The number of hydrogen-bond acceptors (Lipinski definition) is 9. The number of sulfonamides is 1. The lowest BCUT2D eigenvalue weighted by molar-refractivity contribution is 0.328. The molecule has 1 aliphatic rings. The second-order valence-corrected chi connectivity index (χ2v) is 12.7. The molecule has 3 aromatic rings. The number of halogens is 2. The first-order chi connectivity index (χ1) is 18.5. The normalized spacial score (nSPS) is 14.2. The first kappa shape index (κ1) is 29.2. The van der Waals surface area contributed by atoms with Crippen LogP contribution in [0, 0.1) is 6.92 Å². The van der Waals surface area contributed by atoms with Crippen molar-refractivity contribution < 1.29 is 30.6 Å². The molecule has 3 aromatic carbocycles. The fraction of sp³-hybridized carbons (Fsp3) is 0.280. The van der Waals surface area contributed by atoms with Crippen molar-refractivity contribution in [1.29, 1.82) is 0 Å². The van der Waals surface area contributed by atoms with E-state index < -0.39 is 20.1 Å². The van der Waals surface area contributed by atoms with E-state index in [-0.39, 0.29) is 35.7 Å². The summed E-state index contributed by atoms with van der Waals surface area (Å²) in [5.74, 6) is 0.304. The fourth-order valence-corrected chi connectivity index (χ4v) is 7.03. The Kier molecular flexibility index (Phi) is 8.84. The van der Waals surface area contributed by atoms with Crippen LogP contribution in [0.15, 0.2) is 64.4 Å². The third kappa shape index (κ3) is 6.21. The predicted molar refractivity (Wildman–Crippen MR) is 150 cm³/mol. The zero-order valence-electron chi connectivity index (χ0n) is 21.3. The van der Waals surface area contributed by atoms with E-state index in [9.17, 15) is 16.8 Å². The van der Waals surface area contributed by atoms with Crippen molar-refractivity contribution >= 4 is 54.7 Å². The quantitative estimate of drug-likeness (QED) is 0.353. The monoisotopic (exact) mass is 615 g/mol. The van der Waals surface area contributed by atoms with E-state index in [0.29, 0.717) is 37.6 Å². The number of nitrogens with zero attached hydrogens (tertiary/aromatic N) is 2. The van der Waals surface area contributed by atoms with E-state index in [0.717, 1.165) is 5.56 Å². The molecule has 1 fully saturated rings. The molecule has 0 bridgehead atoms. The Balaban J connectivity index is 1.89. The number of ether oxygens (including phenoxy) is 2. The smallest absolute Gasteiger partial charge is 0.318 e. The summed E-state index contributed by atoms with van der Waals surface area (Å²) in [6.07, 6.45) is 0. The number of piperazine rings is 1. The standard InChI is InChI=1S/C25H27Cl2N3O7S2/c1-17-4-6-19(7-5-17)39(33,34)37-30(23-15-18(26)14-21(27)25(23)36-3)38(31,32)20-8-9-24(35-2)22(16-20)29-12-10-28-11-13-29/h4-9,14-16,28H,10-13H2,1-3H3. The molecule has 210 valence electrons. The van der Waals surface area contributed by atoms with Crippen LogP contribution in [0.25, 0.3) is 0 Å². The van der Waals surface area contributed by atoms with Gasteiger partial charge in [0.1, 0.15) is 11.4 Å². The molecular formula is C25H27Cl2N3O7S2. The Bertz CT molecular complexity index is 1560. The molecule has 0 saturated carbocycles. The van der Waals surface area contributed by atoms with Gasteiger partial charge in [-0.2, -0.15) is 16.8 Å². The van der Waals surface area contributed by atoms with Gasteiger partial charge in [-0.15, -0.1) is 8.75 Å². The lowest BCUT2D eigenvalue weighted by Crippen LogP contribution is -2.43. The van der Waals surface area contributed by atoms with Crippen LogP contribution < -0.4 is 24.2 Å². The molecule has 0 amide bonds. The van der Waals surface area contributed by atoms with Crippen LogP contribution >= 0.6 is 23.2 Å². The summed E-state index contributed by atoms with van der Waals surface area (Å²) < 4.78 is 71.3. The van der Waals surface area contributed by atoms with Gasteiger partial charge in [-0.25, -0.2) is 0 Å². The number of aryl methyl sites for hydroxylation is 1. The van der Waals surface area contributed by atoms with Crippen LogP contribution in [0.1, 0.15) is 5.56 Å². The highest BCUT2D eigenvalue weighted by Gasteiger charge is 2.36. The molecule has 1 saturated heterocycles. The Morgan fingerprint density at radius 1 is 0.872 bits per heavy atom. The van der Waals surface area contributed by atoms with E-state index in [1.54, 1.807) is 19.1 Å². The van der Waals surface area contributed by atoms with E-state index >= 15 is 0 Å². The molecule has 1 heterocycles. The van der Waals surface area contributed by atoms with Crippen molar-refractivity contribution in [2.75, 3.05) is 49.8 Å². The van der Waals surface area contributed by atoms with Crippen LogP contribution in [0.2, 0.25) is 10.0 Å². The minimum atomic E-state index is -4.72. The molecule has 0 aliphatic carbocycles. The lowest BCUT2D eigenvalue weighted by Gasteiger charge is -2.31. The third-order valence-corrected chi connectivity index (χ3v) is 9.33. The summed E-state index contributed by atoms with van der Waals surface area (Å²) >= 11 is 12.5. The van der Waals surface area contributed by atoms with E-state index in [4.69, 9.17) is 37.0 Å².